The van der Waals surface area contributed by atoms with Gasteiger partial charge in [-0.2, -0.15) is 0 Å². The second-order valence-corrected chi connectivity index (χ2v) is 7.42. The largest absolute Gasteiger partial charge is 0.378 e. The summed E-state index contributed by atoms with van der Waals surface area (Å²) in [5.41, 5.74) is 3.10. The maximum atomic E-state index is 12.6. The van der Waals surface area contributed by atoms with Gasteiger partial charge in [0.2, 0.25) is 0 Å². The number of pyridine rings is 1. The first-order valence-electron chi connectivity index (χ1n) is 10.5. The zero-order valence-electron chi connectivity index (χ0n) is 17.0. The number of nitrogens with one attached hydrogen (secondary N) is 1. The highest BCUT2D eigenvalue weighted by Crippen LogP contribution is 2.27. The first-order chi connectivity index (χ1) is 14.8. The molecule has 0 saturated carbocycles. The first kappa shape index (κ1) is 20.1. The molecule has 1 aliphatic rings. The Balaban J connectivity index is 1.36. The Labute approximate surface area is 177 Å². The summed E-state index contributed by atoms with van der Waals surface area (Å²) in [6.07, 6.45) is 2.49. The van der Waals surface area contributed by atoms with Crippen LogP contribution in [-0.4, -0.2) is 43.7 Å². The summed E-state index contributed by atoms with van der Waals surface area (Å²) in [5.74, 6) is 1.05. The molecule has 2 aromatic carbocycles. The van der Waals surface area contributed by atoms with Gasteiger partial charge in [0, 0.05) is 31.7 Å². The van der Waals surface area contributed by atoms with Crippen LogP contribution in [0.3, 0.4) is 0 Å². The molecule has 0 bridgehead atoms. The van der Waals surface area contributed by atoms with E-state index in [1.54, 1.807) is 6.20 Å². The summed E-state index contributed by atoms with van der Waals surface area (Å²) in [6.45, 7) is 3.69. The third kappa shape index (κ3) is 5.05. The zero-order chi connectivity index (χ0) is 20.6. The standard InChI is InChI=1S/C25H27N3O2/c29-25(22-11-12-24(27-19-22)28-15-17-30-18-16-28)26-14-13-23(20-7-3-1-4-8-20)21-9-5-2-6-10-21/h1-12,19,23H,13-18H2,(H,26,29). The van der Waals surface area contributed by atoms with Crippen molar-refractivity contribution in [1.82, 2.24) is 10.3 Å². The van der Waals surface area contributed by atoms with E-state index in [4.69, 9.17) is 4.74 Å². The Kier molecular flexibility index (Phi) is 6.72. The molecular formula is C25H27N3O2. The molecule has 0 atom stereocenters. The number of ether oxygens (including phenoxy) is 1. The molecule has 30 heavy (non-hydrogen) atoms. The number of morpholine rings is 1. The van der Waals surface area contributed by atoms with Crippen LogP contribution < -0.4 is 10.2 Å². The van der Waals surface area contributed by atoms with Crippen LogP contribution in [0.1, 0.15) is 33.8 Å². The van der Waals surface area contributed by atoms with Gasteiger partial charge in [0.15, 0.2) is 0 Å². The second kappa shape index (κ2) is 10.0. The number of hydrogen-bond acceptors (Lipinski definition) is 4. The molecule has 0 unspecified atom stereocenters. The number of nitrogens with zero attached hydrogens (tertiary/aromatic N) is 2. The van der Waals surface area contributed by atoms with Crippen molar-refractivity contribution in [2.45, 2.75) is 12.3 Å². The average Bonchev–Trinajstić information content (AvgIpc) is 2.83. The molecule has 0 aliphatic carbocycles. The van der Waals surface area contributed by atoms with Gasteiger partial charge < -0.3 is 15.0 Å². The minimum atomic E-state index is -0.0871. The Morgan fingerprint density at radius 1 is 0.933 bits per heavy atom. The Morgan fingerprint density at radius 2 is 1.57 bits per heavy atom. The number of carbonyl (C=O) groups is 1. The minimum Gasteiger partial charge on any atom is -0.378 e. The third-order valence-corrected chi connectivity index (χ3v) is 5.47. The summed E-state index contributed by atoms with van der Waals surface area (Å²) < 4.78 is 5.38. The highest BCUT2D eigenvalue weighted by Gasteiger charge is 2.16. The molecule has 1 aromatic heterocycles. The van der Waals surface area contributed by atoms with Gasteiger partial charge in [-0.15, -0.1) is 0 Å². The quantitative estimate of drug-likeness (QED) is 0.653. The van der Waals surface area contributed by atoms with E-state index in [0.717, 1.165) is 25.3 Å². The van der Waals surface area contributed by atoms with Crippen molar-refractivity contribution in [3.05, 3.63) is 95.7 Å². The van der Waals surface area contributed by atoms with Crippen molar-refractivity contribution in [3.8, 4) is 0 Å². The van der Waals surface area contributed by atoms with E-state index in [1.165, 1.54) is 11.1 Å². The second-order valence-electron chi connectivity index (χ2n) is 7.42. The molecule has 154 valence electrons. The Bertz CT molecular complexity index is 884. The van der Waals surface area contributed by atoms with E-state index in [2.05, 4.69) is 63.7 Å². The summed E-state index contributed by atoms with van der Waals surface area (Å²) in [4.78, 5) is 19.2. The van der Waals surface area contributed by atoms with Crippen molar-refractivity contribution >= 4 is 11.7 Å². The predicted molar refractivity (Wildman–Crippen MR) is 119 cm³/mol. The predicted octanol–water partition coefficient (Wildman–Crippen LogP) is 3.87. The lowest BCUT2D eigenvalue weighted by atomic mass is 9.88. The molecular weight excluding hydrogens is 374 g/mol. The van der Waals surface area contributed by atoms with E-state index in [9.17, 15) is 4.79 Å². The van der Waals surface area contributed by atoms with Crippen molar-refractivity contribution in [3.63, 3.8) is 0 Å². The third-order valence-electron chi connectivity index (χ3n) is 5.47. The van der Waals surface area contributed by atoms with Crippen LogP contribution in [0.5, 0.6) is 0 Å². The summed E-state index contributed by atoms with van der Waals surface area (Å²) in [6, 6.07) is 24.6. The molecule has 1 N–H and O–H groups in total. The number of rotatable bonds is 7. The normalized spacial score (nSPS) is 14.0. The first-order valence-corrected chi connectivity index (χ1v) is 10.5. The van der Waals surface area contributed by atoms with Gasteiger partial charge in [-0.1, -0.05) is 60.7 Å². The Morgan fingerprint density at radius 3 is 2.13 bits per heavy atom. The van der Waals surface area contributed by atoms with Gasteiger partial charge >= 0.3 is 0 Å². The molecule has 2 heterocycles. The average molecular weight is 402 g/mol. The number of aromatic nitrogens is 1. The minimum absolute atomic E-state index is 0.0871. The number of anilines is 1. The number of hydrogen-bond donors (Lipinski definition) is 1. The van der Waals surface area contributed by atoms with Gasteiger partial charge in [-0.05, 0) is 29.7 Å². The fourth-order valence-electron chi connectivity index (χ4n) is 3.83. The van der Waals surface area contributed by atoms with Gasteiger partial charge in [0.1, 0.15) is 5.82 Å². The van der Waals surface area contributed by atoms with Crippen LogP contribution in [0.15, 0.2) is 79.0 Å². The monoisotopic (exact) mass is 401 g/mol. The van der Waals surface area contributed by atoms with Crippen molar-refractivity contribution in [2.24, 2.45) is 0 Å². The molecule has 1 amide bonds. The van der Waals surface area contributed by atoms with Crippen LogP contribution in [0, 0.1) is 0 Å². The lowest BCUT2D eigenvalue weighted by molar-refractivity contribution is 0.0952. The van der Waals surface area contributed by atoms with E-state index < -0.39 is 0 Å². The summed E-state index contributed by atoms with van der Waals surface area (Å²) in [5, 5.41) is 3.06. The topological polar surface area (TPSA) is 54.5 Å². The molecule has 1 fully saturated rings. The molecule has 0 spiro atoms. The molecule has 3 aromatic rings. The molecule has 4 rings (SSSR count). The lowest BCUT2D eigenvalue weighted by Gasteiger charge is -2.27. The maximum absolute atomic E-state index is 12.6. The number of amides is 1. The van der Waals surface area contributed by atoms with Gasteiger partial charge in [0.05, 0.1) is 18.8 Å². The van der Waals surface area contributed by atoms with Crippen LogP contribution in [-0.2, 0) is 4.74 Å². The molecule has 1 aliphatic heterocycles. The number of carbonyl (C=O) groups excluding carboxylic acids is 1. The van der Waals surface area contributed by atoms with Crippen LogP contribution >= 0.6 is 0 Å². The van der Waals surface area contributed by atoms with E-state index >= 15 is 0 Å². The zero-order valence-corrected chi connectivity index (χ0v) is 17.0. The highest BCUT2D eigenvalue weighted by atomic mass is 16.5. The van der Waals surface area contributed by atoms with Gasteiger partial charge in [0.25, 0.3) is 5.91 Å². The van der Waals surface area contributed by atoms with Crippen molar-refractivity contribution in [2.75, 3.05) is 37.7 Å². The molecule has 5 nitrogen and oxygen atoms in total. The smallest absolute Gasteiger partial charge is 0.252 e. The molecule has 5 heteroatoms. The molecule has 0 radical (unpaired) electrons. The number of benzene rings is 2. The summed E-state index contributed by atoms with van der Waals surface area (Å²) in [7, 11) is 0. The summed E-state index contributed by atoms with van der Waals surface area (Å²) >= 11 is 0. The SMILES string of the molecule is O=C(NCCC(c1ccccc1)c1ccccc1)c1ccc(N2CCOCC2)nc1. The van der Waals surface area contributed by atoms with Crippen LogP contribution in [0.2, 0.25) is 0 Å². The van der Waals surface area contributed by atoms with E-state index in [-0.39, 0.29) is 11.8 Å². The van der Waals surface area contributed by atoms with E-state index in [0.29, 0.717) is 25.3 Å². The van der Waals surface area contributed by atoms with Gasteiger partial charge in [-0.3, -0.25) is 4.79 Å². The fraction of sp³-hybridized carbons (Fsp3) is 0.280. The van der Waals surface area contributed by atoms with Gasteiger partial charge in [-0.25, -0.2) is 4.98 Å². The Hall–Kier alpha value is -3.18. The molecule has 1 saturated heterocycles. The lowest BCUT2D eigenvalue weighted by Crippen LogP contribution is -2.36. The van der Waals surface area contributed by atoms with E-state index in [1.807, 2.05) is 24.3 Å². The maximum Gasteiger partial charge on any atom is 0.252 e. The van der Waals surface area contributed by atoms with Crippen LogP contribution in [0.25, 0.3) is 0 Å². The fourth-order valence-corrected chi connectivity index (χ4v) is 3.83. The highest BCUT2D eigenvalue weighted by molar-refractivity contribution is 5.94. The van der Waals surface area contributed by atoms with Crippen LogP contribution in [0.4, 0.5) is 5.82 Å². The van der Waals surface area contributed by atoms with Crippen molar-refractivity contribution < 1.29 is 9.53 Å². The van der Waals surface area contributed by atoms with Crippen molar-refractivity contribution in [1.29, 1.82) is 0 Å².